The minimum Gasteiger partial charge on any atom is -0.374 e. The fraction of sp³-hybridized carbons (Fsp3) is 0.333. The molecule has 4 rings (SSSR count). The molecule has 1 N–H and O–H groups in total. The zero-order chi connectivity index (χ0) is 24.3. The number of rotatable bonds is 11. The maximum Gasteiger partial charge on any atom is 0.166 e. The summed E-state index contributed by atoms with van der Waals surface area (Å²) in [5.74, 6) is 0. The monoisotopic (exact) mass is 475 g/mol. The largest absolute Gasteiger partial charge is 0.374 e. The molecule has 35 heavy (non-hydrogen) atoms. The second-order valence-corrected chi connectivity index (χ2v) is 8.28. The number of nitrogens with zero attached hydrogens (tertiary/aromatic N) is 3. The van der Waals surface area contributed by atoms with Gasteiger partial charge in [0.25, 0.3) is 0 Å². The zero-order valence-corrected chi connectivity index (χ0v) is 19.3. The summed E-state index contributed by atoms with van der Waals surface area (Å²) in [5.41, 5.74) is 12.1. The van der Waals surface area contributed by atoms with E-state index in [1.807, 2.05) is 91.0 Å². The first-order valence-corrected chi connectivity index (χ1v) is 11.5. The van der Waals surface area contributed by atoms with Crippen LogP contribution in [0.25, 0.3) is 10.4 Å². The number of hydrogen-bond donors (Lipinski definition) is 1. The van der Waals surface area contributed by atoms with Crippen molar-refractivity contribution in [2.45, 2.75) is 50.5 Å². The molecule has 5 atom stereocenters. The van der Waals surface area contributed by atoms with Crippen molar-refractivity contribution in [1.29, 1.82) is 0 Å². The second kappa shape index (κ2) is 13.0. The first-order chi connectivity index (χ1) is 17.2. The molecule has 1 saturated heterocycles. The molecule has 1 aliphatic rings. The molecule has 8 heteroatoms. The predicted molar refractivity (Wildman–Crippen MR) is 130 cm³/mol. The molecule has 0 aromatic heterocycles. The van der Waals surface area contributed by atoms with E-state index in [0.717, 1.165) is 16.7 Å². The van der Waals surface area contributed by atoms with Gasteiger partial charge in [0.05, 0.1) is 26.4 Å². The van der Waals surface area contributed by atoms with E-state index in [1.54, 1.807) is 0 Å². The van der Waals surface area contributed by atoms with Crippen molar-refractivity contribution in [3.63, 3.8) is 0 Å². The normalized spacial score (nSPS) is 24.0. The first kappa shape index (κ1) is 24.9. The van der Waals surface area contributed by atoms with Gasteiger partial charge in [0, 0.05) is 4.91 Å². The van der Waals surface area contributed by atoms with E-state index < -0.39 is 30.6 Å². The van der Waals surface area contributed by atoms with Crippen molar-refractivity contribution in [3.8, 4) is 0 Å². The summed E-state index contributed by atoms with van der Waals surface area (Å²) in [6.07, 6.45) is -3.38. The Morgan fingerprint density at radius 3 is 1.74 bits per heavy atom. The summed E-state index contributed by atoms with van der Waals surface area (Å²) in [5, 5.41) is 14.5. The minimum absolute atomic E-state index is 0.166. The topological polar surface area (TPSA) is 106 Å². The van der Waals surface area contributed by atoms with Crippen LogP contribution in [0.3, 0.4) is 0 Å². The molecule has 0 amide bonds. The zero-order valence-electron chi connectivity index (χ0n) is 19.3. The summed E-state index contributed by atoms with van der Waals surface area (Å²) >= 11 is 0. The van der Waals surface area contributed by atoms with Crippen molar-refractivity contribution in [1.82, 2.24) is 0 Å². The Hall–Kier alpha value is -3.23. The van der Waals surface area contributed by atoms with Crippen LogP contribution in [0.5, 0.6) is 0 Å². The molecule has 1 fully saturated rings. The second-order valence-electron chi connectivity index (χ2n) is 8.28. The SMILES string of the molecule is [N-]=[N+]=N[C@H]1C(O)O[C@H](COCc2ccccc2)[C@@H](OCc2ccccc2)[C@H]1OCc1ccccc1. The highest BCUT2D eigenvalue weighted by atomic mass is 16.7. The fourth-order valence-electron chi connectivity index (χ4n) is 4.02. The molecule has 1 aliphatic heterocycles. The van der Waals surface area contributed by atoms with Gasteiger partial charge in [-0.05, 0) is 22.2 Å². The third-order valence-electron chi connectivity index (χ3n) is 5.78. The van der Waals surface area contributed by atoms with Crippen molar-refractivity contribution in [2.24, 2.45) is 5.11 Å². The lowest BCUT2D eigenvalue weighted by atomic mass is 9.96. The van der Waals surface area contributed by atoms with E-state index in [2.05, 4.69) is 10.0 Å². The van der Waals surface area contributed by atoms with Gasteiger partial charge in [0.2, 0.25) is 0 Å². The molecule has 3 aromatic rings. The van der Waals surface area contributed by atoms with Gasteiger partial charge in [-0.3, -0.25) is 0 Å². The summed E-state index contributed by atoms with van der Waals surface area (Å²) in [6, 6.07) is 28.2. The van der Waals surface area contributed by atoms with E-state index in [4.69, 9.17) is 24.5 Å². The molecule has 0 bridgehead atoms. The van der Waals surface area contributed by atoms with Crippen molar-refractivity contribution < 1.29 is 24.1 Å². The average molecular weight is 476 g/mol. The molecule has 0 saturated carbocycles. The molecule has 0 aliphatic carbocycles. The lowest BCUT2D eigenvalue weighted by molar-refractivity contribution is -0.273. The summed E-state index contributed by atoms with van der Waals surface area (Å²) in [7, 11) is 0. The van der Waals surface area contributed by atoms with E-state index in [0.29, 0.717) is 13.2 Å². The Kier molecular flexibility index (Phi) is 9.25. The smallest absolute Gasteiger partial charge is 0.166 e. The van der Waals surface area contributed by atoms with E-state index >= 15 is 0 Å². The Morgan fingerprint density at radius 2 is 1.23 bits per heavy atom. The van der Waals surface area contributed by atoms with Crippen molar-refractivity contribution in [2.75, 3.05) is 6.61 Å². The lowest BCUT2D eigenvalue weighted by Crippen LogP contribution is -2.59. The van der Waals surface area contributed by atoms with Crippen LogP contribution in [-0.2, 0) is 38.8 Å². The van der Waals surface area contributed by atoms with E-state index in [-0.39, 0.29) is 13.2 Å². The molecular weight excluding hydrogens is 446 g/mol. The van der Waals surface area contributed by atoms with Gasteiger partial charge in [-0.1, -0.05) is 96.1 Å². The number of hydrogen-bond acceptors (Lipinski definition) is 6. The number of benzene rings is 3. The molecule has 0 radical (unpaired) electrons. The summed E-state index contributed by atoms with van der Waals surface area (Å²) < 4.78 is 24.3. The molecule has 182 valence electrons. The first-order valence-electron chi connectivity index (χ1n) is 11.5. The number of aliphatic hydroxyl groups excluding tert-OH is 1. The van der Waals surface area contributed by atoms with Gasteiger partial charge >= 0.3 is 0 Å². The fourth-order valence-corrected chi connectivity index (χ4v) is 4.02. The third kappa shape index (κ3) is 7.13. The average Bonchev–Trinajstić information content (AvgIpc) is 2.90. The van der Waals surface area contributed by atoms with E-state index in [1.165, 1.54) is 0 Å². The van der Waals surface area contributed by atoms with Crippen LogP contribution in [0.4, 0.5) is 0 Å². The van der Waals surface area contributed by atoms with Gasteiger partial charge in [-0.15, -0.1) is 0 Å². The number of ether oxygens (including phenoxy) is 4. The summed E-state index contributed by atoms with van der Waals surface area (Å²) in [6.45, 7) is 1.11. The van der Waals surface area contributed by atoms with Gasteiger partial charge in [0.15, 0.2) is 6.29 Å². The highest BCUT2D eigenvalue weighted by Crippen LogP contribution is 2.29. The predicted octanol–water partition coefficient (Wildman–Crippen LogP) is 4.77. The van der Waals surface area contributed by atoms with Gasteiger partial charge < -0.3 is 24.1 Å². The lowest BCUT2D eigenvalue weighted by Gasteiger charge is -2.43. The standard InChI is InChI=1S/C27H29N3O5/c28-30-29-24-26(34-18-22-14-8-3-9-15-22)25(33-17-21-12-6-2-7-13-21)23(35-27(24)31)19-32-16-20-10-4-1-5-11-20/h1-15,23-27,31H,16-19H2/t23-,24-,25-,26+,27?/m1/s1. The Labute approximate surface area is 204 Å². The van der Waals surface area contributed by atoms with Gasteiger partial charge in [0.1, 0.15) is 24.4 Å². The van der Waals surface area contributed by atoms with Crippen LogP contribution in [0, 0.1) is 0 Å². The Morgan fingerprint density at radius 1 is 0.743 bits per heavy atom. The number of aliphatic hydroxyl groups is 1. The van der Waals surface area contributed by atoms with Crippen LogP contribution in [0.1, 0.15) is 16.7 Å². The Balaban J connectivity index is 1.52. The van der Waals surface area contributed by atoms with Crippen LogP contribution >= 0.6 is 0 Å². The summed E-state index contributed by atoms with van der Waals surface area (Å²) in [4.78, 5) is 2.91. The minimum atomic E-state index is -1.35. The number of azide groups is 1. The maximum absolute atomic E-state index is 10.7. The van der Waals surface area contributed by atoms with Gasteiger partial charge in [-0.25, -0.2) is 0 Å². The van der Waals surface area contributed by atoms with Crippen LogP contribution < -0.4 is 0 Å². The van der Waals surface area contributed by atoms with Crippen LogP contribution in [0.2, 0.25) is 0 Å². The Bertz CT molecular complexity index is 1060. The third-order valence-corrected chi connectivity index (χ3v) is 5.78. The molecule has 1 heterocycles. The maximum atomic E-state index is 10.7. The van der Waals surface area contributed by atoms with Gasteiger partial charge in [-0.2, -0.15) is 0 Å². The van der Waals surface area contributed by atoms with Crippen molar-refractivity contribution in [3.05, 3.63) is 118 Å². The molecule has 0 spiro atoms. The van der Waals surface area contributed by atoms with Crippen LogP contribution in [0.15, 0.2) is 96.1 Å². The quantitative estimate of drug-likeness (QED) is 0.244. The molecule has 1 unspecified atom stereocenters. The molecule has 8 nitrogen and oxygen atoms in total. The van der Waals surface area contributed by atoms with E-state index in [9.17, 15) is 5.11 Å². The highest BCUT2D eigenvalue weighted by molar-refractivity contribution is 5.15. The van der Waals surface area contributed by atoms with Crippen molar-refractivity contribution >= 4 is 0 Å². The molecule has 3 aromatic carbocycles. The van der Waals surface area contributed by atoms with Crippen LogP contribution in [-0.4, -0.2) is 42.4 Å². The highest BCUT2D eigenvalue weighted by Gasteiger charge is 2.46. The molecular formula is C27H29N3O5.